The zero-order chi connectivity index (χ0) is 13.6. The fourth-order valence-electron chi connectivity index (χ4n) is 2.66. The van der Waals surface area contributed by atoms with Gasteiger partial charge in [-0.2, -0.15) is 0 Å². The molecule has 0 saturated heterocycles. The van der Waals surface area contributed by atoms with E-state index in [1.807, 2.05) is 0 Å². The number of hydrogen-bond acceptors (Lipinski definition) is 2. The van der Waals surface area contributed by atoms with Crippen LogP contribution in [0.1, 0.15) is 23.8 Å². The highest BCUT2D eigenvalue weighted by Gasteiger charge is 2.26. The number of halogens is 2. The van der Waals surface area contributed by atoms with Gasteiger partial charge in [-0.25, -0.2) is 8.78 Å². The van der Waals surface area contributed by atoms with Crippen molar-refractivity contribution in [3.8, 4) is 0 Å². The molecule has 1 aromatic heterocycles. The summed E-state index contributed by atoms with van der Waals surface area (Å²) >= 11 is 0. The summed E-state index contributed by atoms with van der Waals surface area (Å²) in [5.41, 5.74) is 1.79. The van der Waals surface area contributed by atoms with Crippen molar-refractivity contribution in [1.82, 2.24) is 4.90 Å². The third kappa shape index (κ3) is 2.25. The van der Waals surface area contributed by atoms with E-state index < -0.39 is 5.92 Å². The maximum atomic E-state index is 13.3. The molecule has 0 bridgehead atoms. The van der Waals surface area contributed by atoms with Gasteiger partial charge < -0.3 is 9.32 Å². The number of rotatable bonds is 1. The first-order valence-electron chi connectivity index (χ1n) is 6.56. The van der Waals surface area contributed by atoms with Crippen molar-refractivity contribution < 1.29 is 13.2 Å². The van der Waals surface area contributed by atoms with Crippen molar-refractivity contribution in [2.24, 2.45) is 0 Å². The summed E-state index contributed by atoms with van der Waals surface area (Å²) in [6, 6.07) is 4.76. The van der Waals surface area contributed by atoms with Crippen LogP contribution in [-0.2, 0) is 18.8 Å². The van der Waals surface area contributed by atoms with Gasteiger partial charge in [-0.1, -0.05) is 12.1 Å². The Kier molecular flexibility index (Phi) is 2.86. The van der Waals surface area contributed by atoms with Crippen LogP contribution in [0.3, 0.4) is 0 Å². The second kappa shape index (κ2) is 4.30. The Morgan fingerprint density at radius 3 is 2.68 bits per heavy atom. The maximum absolute atomic E-state index is 13.3. The highest BCUT2D eigenvalue weighted by Crippen LogP contribution is 2.34. The molecule has 1 aliphatic heterocycles. The van der Waals surface area contributed by atoms with Crippen molar-refractivity contribution in [2.75, 3.05) is 20.1 Å². The average molecular weight is 265 g/mol. The summed E-state index contributed by atoms with van der Waals surface area (Å²) in [6.45, 7) is 2.84. The van der Waals surface area contributed by atoms with E-state index in [1.165, 1.54) is 17.7 Å². The van der Waals surface area contributed by atoms with E-state index in [0.29, 0.717) is 5.58 Å². The monoisotopic (exact) mass is 265 g/mol. The van der Waals surface area contributed by atoms with Crippen molar-refractivity contribution >= 4 is 11.0 Å². The van der Waals surface area contributed by atoms with Crippen LogP contribution in [0, 0.1) is 0 Å². The number of alkyl halides is 2. The zero-order valence-corrected chi connectivity index (χ0v) is 11.2. The second-order valence-corrected chi connectivity index (χ2v) is 5.41. The predicted octanol–water partition coefficient (Wildman–Crippen LogP) is 3.57. The second-order valence-electron chi connectivity index (χ2n) is 5.41. The first-order valence-corrected chi connectivity index (χ1v) is 6.56. The Labute approximate surface area is 111 Å². The molecule has 0 radical (unpaired) electrons. The Morgan fingerprint density at radius 1 is 1.21 bits per heavy atom. The molecular weight excluding hydrogens is 248 g/mol. The SMILES string of the molecule is CN1CCc2oc3cc(C(C)(F)F)ccc3c2CC1. The normalized spacial score (nSPS) is 17.5. The molecule has 3 rings (SSSR count). The lowest BCUT2D eigenvalue weighted by Crippen LogP contribution is -2.20. The van der Waals surface area contributed by atoms with Gasteiger partial charge in [-0.3, -0.25) is 0 Å². The van der Waals surface area contributed by atoms with E-state index in [1.54, 1.807) is 6.07 Å². The molecule has 19 heavy (non-hydrogen) atoms. The molecule has 0 amide bonds. The lowest BCUT2D eigenvalue weighted by Gasteiger charge is -2.12. The molecule has 0 spiro atoms. The number of fused-ring (bicyclic) bond motifs is 3. The molecule has 102 valence electrons. The number of hydrogen-bond donors (Lipinski definition) is 0. The third-order valence-electron chi connectivity index (χ3n) is 3.85. The summed E-state index contributed by atoms with van der Waals surface area (Å²) in [6.07, 6.45) is 1.76. The third-order valence-corrected chi connectivity index (χ3v) is 3.85. The van der Waals surface area contributed by atoms with Gasteiger partial charge in [-0.15, -0.1) is 0 Å². The summed E-state index contributed by atoms with van der Waals surface area (Å²) in [5.74, 6) is -1.87. The van der Waals surface area contributed by atoms with Crippen molar-refractivity contribution in [1.29, 1.82) is 0 Å². The lowest BCUT2D eigenvalue weighted by atomic mass is 10.0. The fraction of sp³-hybridized carbons (Fsp3) is 0.467. The van der Waals surface area contributed by atoms with Crippen molar-refractivity contribution in [2.45, 2.75) is 25.7 Å². The minimum atomic E-state index is -2.82. The van der Waals surface area contributed by atoms with E-state index in [-0.39, 0.29) is 5.56 Å². The van der Waals surface area contributed by atoms with Gasteiger partial charge in [0.15, 0.2) is 0 Å². The van der Waals surface area contributed by atoms with Crippen LogP contribution in [0.4, 0.5) is 8.78 Å². The first kappa shape index (κ1) is 12.6. The molecule has 0 N–H and O–H groups in total. The van der Waals surface area contributed by atoms with Gasteiger partial charge in [-0.05, 0) is 19.5 Å². The van der Waals surface area contributed by atoms with Crippen molar-refractivity contribution in [3.05, 3.63) is 35.1 Å². The van der Waals surface area contributed by atoms with Crippen LogP contribution in [0.15, 0.2) is 22.6 Å². The molecule has 2 heterocycles. The van der Waals surface area contributed by atoms with E-state index in [4.69, 9.17) is 4.42 Å². The topological polar surface area (TPSA) is 16.4 Å². The molecule has 2 nitrogen and oxygen atoms in total. The molecule has 2 aromatic rings. The molecule has 0 unspecified atom stereocenters. The number of benzene rings is 1. The highest BCUT2D eigenvalue weighted by molar-refractivity contribution is 5.83. The first-order chi connectivity index (χ1) is 8.95. The zero-order valence-electron chi connectivity index (χ0n) is 11.2. The average Bonchev–Trinajstić information content (AvgIpc) is 2.59. The van der Waals surface area contributed by atoms with E-state index in [0.717, 1.165) is 44.0 Å². The summed E-state index contributed by atoms with van der Waals surface area (Å²) in [7, 11) is 2.09. The van der Waals surface area contributed by atoms with Crippen LogP contribution >= 0.6 is 0 Å². The van der Waals surface area contributed by atoms with Crippen LogP contribution in [0.2, 0.25) is 0 Å². The summed E-state index contributed by atoms with van der Waals surface area (Å²) in [5, 5.41) is 0.985. The van der Waals surface area contributed by atoms with Gasteiger partial charge in [0.05, 0.1) is 0 Å². The molecule has 1 aliphatic rings. The Bertz CT molecular complexity index is 612. The summed E-state index contributed by atoms with van der Waals surface area (Å²) < 4.78 is 32.5. The molecular formula is C15H17F2NO. The number of furan rings is 1. The van der Waals surface area contributed by atoms with E-state index in [9.17, 15) is 8.78 Å². The molecule has 0 aliphatic carbocycles. The van der Waals surface area contributed by atoms with Crippen LogP contribution in [0.25, 0.3) is 11.0 Å². The Balaban J connectivity index is 2.09. The molecule has 0 saturated carbocycles. The van der Waals surface area contributed by atoms with Gasteiger partial charge in [0, 0.05) is 42.9 Å². The standard InChI is InChI=1S/C15H17F2NO/c1-15(16,17)10-3-4-11-12-5-7-18(2)8-6-13(12)19-14(11)9-10/h3-4,9H,5-8H2,1-2H3. The molecule has 1 aromatic carbocycles. The Hall–Kier alpha value is -1.42. The van der Waals surface area contributed by atoms with Crippen LogP contribution < -0.4 is 0 Å². The lowest BCUT2D eigenvalue weighted by molar-refractivity contribution is 0.0175. The fourth-order valence-corrected chi connectivity index (χ4v) is 2.66. The van der Waals surface area contributed by atoms with E-state index in [2.05, 4.69) is 11.9 Å². The largest absolute Gasteiger partial charge is 0.461 e. The maximum Gasteiger partial charge on any atom is 0.270 e. The molecule has 0 atom stereocenters. The number of nitrogens with zero attached hydrogens (tertiary/aromatic N) is 1. The van der Waals surface area contributed by atoms with Crippen molar-refractivity contribution in [3.63, 3.8) is 0 Å². The minimum Gasteiger partial charge on any atom is -0.461 e. The van der Waals surface area contributed by atoms with Crippen LogP contribution in [-0.4, -0.2) is 25.0 Å². The van der Waals surface area contributed by atoms with Gasteiger partial charge in [0.2, 0.25) is 0 Å². The smallest absolute Gasteiger partial charge is 0.270 e. The molecule has 0 fully saturated rings. The summed E-state index contributed by atoms with van der Waals surface area (Å²) in [4.78, 5) is 2.26. The molecule has 4 heteroatoms. The quantitative estimate of drug-likeness (QED) is 0.783. The van der Waals surface area contributed by atoms with Gasteiger partial charge in [0.25, 0.3) is 5.92 Å². The highest BCUT2D eigenvalue weighted by atomic mass is 19.3. The van der Waals surface area contributed by atoms with Crippen LogP contribution in [0.5, 0.6) is 0 Å². The Morgan fingerprint density at radius 2 is 1.95 bits per heavy atom. The van der Waals surface area contributed by atoms with E-state index >= 15 is 0 Å². The van der Waals surface area contributed by atoms with Gasteiger partial charge in [0.1, 0.15) is 11.3 Å². The number of likely N-dealkylation sites (N-methyl/N-ethyl adjacent to an activating group) is 1. The minimum absolute atomic E-state index is 0.0148. The predicted molar refractivity (Wildman–Crippen MR) is 70.7 cm³/mol. The van der Waals surface area contributed by atoms with Gasteiger partial charge >= 0.3 is 0 Å².